The third-order valence-corrected chi connectivity index (χ3v) is 4.36. The largest absolute Gasteiger partial charge is 0.469 e. The van der Waals surface area contributed by atoms with E-state index in [1.807, 2.05) is 24.4 Å². The Morgan fingerprint density at radius 3 is 2.79 bits per heavy atom. The van der Waals surface area contributed by atoms with Crippen LogP contribution in [0.3, 0.4) is 0 Å². The van der Waals surface area contributed by atoms with E-state index in [1.54, 1.807) is 24.3 Å². The van der Waals surface area contributed by atoms with E-state index in [-0.39, 0.29) is 0 Å². The monoisotopic (exact) mass is 344 g/mol. The van der Waals surface area contributed by atoms with Crippen LogP contribution in [0, 0.1) is 20.8 Å². The minimum atomic E-state index is -0.439. The van der Waals surface area contributed by atoms with Gasteiger partial charge in [0.1, 0.15) is 5.76 Å². The fraction of sp³-hybridized carbons (Fsp3) is 0.188. The van der Waals surface area contributed by atoms with Crippen LogP contribution in [0.4, 0.5) is 0 Å². The van der Waals surface area contributed by atoms with Gasteiger partial charge in [-0.2, -0.15) is 0 Å². The van der Waals surface area contributed by atoms with Crippen molar-refractivity contribution < 1.29 is 14.0 Å². The van der Waals surface area contributed by atoms with Gasteiger partial charge in [-0.05, 0) is 32.9 Å². The molecule has 8 heteroatoms. The number of aromatic nitrogens is 2. The SMILES string of the molecule is Cc1cn2c(/C=C/C(=O)NNC(=O)c3ccoc3C)c(C)nc2s1. The number of thiazole rings is 1. The molecule has 0 aliphatic carbocycles. The van der Waals surface area contributed by atoms with Crippen LogP contribution >= 0.6 is 11.3 Å². The second kappa shape index (κ2) is 6.32. The first kappa shape index (κ1) is 16.0. The van der Waals surface area contributed by atoms with E-state index in [0.29, 0.717) is 11.3 Å². The maximum Gasteiger partial charge on any atom is 0.273 e. The molecule has 0 spiro atoms. The van der Waals surface area contributed by atoms with Crippen LogP contribution in [0.25, 0.3) is 11.0 Å². The van der Waals surface area contributed by atoms with Crippen LogP contribution in [0.5, 0.6) is 0 Å². The Labute approximate surface area is 142 Å². The number of rotatable bonds is 3. The topological polar surface area (TPSA) is 88.6 Å². The Balaban J connectivity index is 1.66. The molecule has 3 aromatic rings. The van der Waals surface area contributed by atoms with Gasteiger partial charge >= 0.3 is 0 Å². The molecule has 3 rings (SSSR count). The van der Waals surface area contributed by atoms with Crippen LogP contribution < -0.4 is 10.9 Å². The third kappa shape index (κ3) is 3.09. The van der Waals surface area contributed by atoms with E-state index in [9.17, 15) is 9.59 Å². The first-order chi connectivity index (χ1) is 11.5. The van der Waals surface area contributed by atoms with Gasteiger partial charge in [-0.15, -0.1) is 11.3 Å². The number of aryl methyl sites for hydroxylation is 3. The predicted molar refractivity (Wildman–Crippen MR) is 90.6 cm³/mol. The second-order valence-corrected chi connectivity index (χ2v) is 6.46. The zero-order valence-corrected chi connectivity index (χ0v) is 14.2. The summed E-state index contributed by atoms with van der Waals surface area (Å²) in [5.41, 5.74) is 6.73. The first-order valence-electron chi connectivity index (χ1n) is 7.23. The fourth-order valence-corrected chi connectivity index (χ4v) is 3.16. The highest BCUT2D eigenvalue weighted by molar-refractivity contribution is 7.17. The predicted octanol–water partition coefficient (Wildman–Crippen LogP) is 2.39. The molecule has 3 heterocycles. The van der Waals surface area contributed by atoms with E-state index in [1.165, 1.54) is 18.4 Å². The summed E-state index contributed by atoms with van der Waals surface area (Å²) in [6.07, 6.45) is 6.42. The summed E-state index contributed by atoms with van der Waals surface area (Å²) in [5.74, 6) is -0.382. The molecule has 124 valence electrons. The number of carbonyl (C=O) groups excluding carboxylic acids is 2. The van der Waals surface area contributed by atoms with Crippen molar-refractivity contribution in [3.05, 3.63) is 52.2 Å². The van der Waals surface area contributed by atoms with Crippen LogP contribution in [-0.2, 0) is 4.79 Å². The van der Waals surface area contributed by atoms with Crippen LogP contribution in [0.2, 0.25) is 0 Å². The summed E-state index contributed by atoms with van der Waals surface area (Å²) in [4.78, 5) is 30.2. The van der Waals surface area contributed by atoms with Gasteiger partial charge in [-0.3, -0.25) is 24.8 Å². The van der Waals surface area contributed by atoms with E-state index >= 15 is 0 Å². The molecule has 0 atom stereocenters. The number of nitrogens with one attached hydrogen (secondary N) is 2. The minimum absolute atomic E-state index is 0.376. The second-order valence-electron chi connectivity index (χ2n) is 5.24. The van der Waals surface area contributed by atoms with Gasteiger partial charge in [0, 0.05) is 17.2 Å². The van der Waals surface area contributed by atoms with E-state index in [2.05, 4.69) is 15.8 Å². The van der Waals surface area contributed by atoms with Crippen LogP contribution in [0.1, 0.15) is 32.4 Å². The summed E-state index contributed by atoms with van der Waals surface area (Å²) in [6, 6.07) is 1.54. The molecule has 0 aliphatic rings. The highest BCUT2D eigenvalue weighted by atomic mass is 32.1. The summed E-state index contributed by atoms with van der Waals surface area (Å²) < 4.78 is 6.99. The zero-order valence-electron chi connectivity index (χ0n) is 13.4. The lowest BCUT2D eigenvalue weighted by Crippen LogP contribution is -2.40. The molecule has 24 heavy (non-hydrogen) atoms. The van der Waals surface area contributed by atoms with Crippen LogP contribution in [0.15, 0.2) is 29.0 Å². The van der Waals surface area contributed by atoms with Gasteiger partial charge in [-0.25, -0.2) is 4.98 Å². The molecule has 2 N–H and O–H groups in total. The molecule has 2 amide bonds. The van der Waals surface area contributed by atoms with Gasteiger partial charge in [0.05, 0.1) is 23.2 Å². The Morgan fingerprint density at radius 1 is 1.29 bits per heavy atom. The van der Waals surface area contributed by atoms with E-state index in [4.69, 9.17) is 4.42 Å². The van der Waals surface area contributed by atoms with Crippen molar-refractivity contribution in [3.63, 3.8) is 0 Å². The Morgan fingerprint density at radius 2 is 2.08 bits per heavy atom. The quantitative estimate of drug-likeness (QED) is 0.564. The summed E-state index contributed by atoms with van der Waals surface area (Å²) in [7, 11) is 0. The molecule has 0 saturated heterocycles. The molecule has 3 aromatic heterocycles. The maximum atomic E-state index is 11.9. The van der Waals surface area contributed by atoms with Crippen LogP contribution in [-0.4, -0.2) is 21.2 Å². The molecule has 0 radical (unpaired) electrons. The molecule has 0 aliphatic heterocycles. The molecule has 0 bridgehead atoms. The van der Waals surface area contributed by atoms with Crippen molar-refractivity contribution >= 4 is 34.2 Å². The Kier molecular flexibility index (Phi) is 4.22. The Hall–Kier alpha value is -2.87. The average molecular weight is 344 g/mol. The summed E-state index contributed by atoms with van der Waals surface area (Å²) in [5, 5.41) is 0. The summed E-state index contributed by atoms with van der Waals surface area (Å²) >= 11 is 1.59. The van der Waals surface area contributed by atoms with Gasteiger partial charge in [-0.1, -0.05) is 0 Å². The number of imidazole rings is 1. The normalized spacial score (nSPS) is 11.3. The average Bonchev–Trinajstić information content (AvgIpc) is 3.17. The van der Waals surface area contributed by atoms with Crippen molar-refractivity contribution in [2.24, 2.45) is 0 Å². The smallest absolute Gasteiger partial charge is 0.273 e. The molecule has 0 fully saturated rings. The van der Waals surface area contributed by atoms with Crippen molar-refractivity contribution in [2.45, 2.75) is 20.8 Å². The Bertz CT molecular complexity index is 948. The molecular weight excluding hydrogens is 328 g/mol. The lowest BCUT2D eigenvalue weighted by Gasteiger charge is -2.04. The molecule has 0 unspecified atom stereocenters. The van der Waals surface area contributed by atoms with Crippen molar-refractivity contribution in [2.75, 3.05) is 0 Å². The molecule has 7 nitrogen and oxygen atoms in total. The van der Waals surface area contributed by atoms with Crippen molar-refractivity contribution in [1.29, 1.82) is 0 Å². The van der Waals surface area contributed by atoms with Gasteiger partial charge in [0.2, 0.25) is 0 Å². The lowest BCUT2D eigenvalue weighted by atomic mass is 10.2. The van der Waals surface area contributed by atoms with Gasteiger partial charge in [0.15, 0.2) is 4.96 Å². The van der Waals surface area contributed by atoms with E-state index < -0.39 is 11.8 Å². The fourth-order valence-electron chi connectivity index (χ4n) is 2.28. The molecule has 0 saturated carbocycles. The number of carbonyl (C=O) groups is 2. The summed E-state index contributed by atoms with van der Waals surface area (Å²) in [6.45, 7) is 5.56. The van der Waals surface area contributed by atoms with Gasteiger partial charge < -0.3 is 4.42 Å². The standard InChI is InChI=1S/C16H16N4O3S/c1-9-8-20-13(10(2)17-16(20)24-9)4-5-14(21)18-19-15(22)12-6-7-23-11(12)3/h4-8H,1-3H3,(H,18,21)(H,19,22)/b5-4+. The zero-order chi connectivity index (χ0) is 17.3. The highest BCUT2D eigenvalue weighted by Crippen LogP contribution is 2.21. The van der Waals surface area contributed by atoms with E-state index in [0.717, 1.165) is 21.2 Å². The number of fused-ring (bicyclic) bond motifs is 1. The number of hydrazine groups is 1. The van der Waals surface area contributed by atoms with Crippen molar-refractivity contribution in [3.8, 4) is 0 Å². The molecule has 0 aromatic carbocycles. The van der Waals surface area contributed by atoms with Gasteiger partial charge in [0.25, 0.3) is 11.8 Å². The number of hydrogen-bond donors (Lipinski definition) is 2. The number of amides is 2. The number of hydrogen-bond acceptors (Lipinski definition) is 5. The minimum Gasteiger partial charge on any atom is -0.469 e. The maximum absolute atomic E-state index is 11.9. The van der Waals surface area contributed by atoms with Crippen molar-refractivity contribution in [1.82, 2.24) is 20.2 Å². The number of furan rings is 1. The molecular formula is C16H16N4O3S. The highest BCUT2D eigenvalue weighted by Gasteiger charge is 2.12. The third-order valence-electron chi connectivity index (χ3n) is 3.46. The number of nitrogens with zero attached hydrogens (tertiary/aromatic N) is 2. The lowest BCUT2D eigenvalue weighted by molar-refractivity contribution is -0.117. The first-order valence-corrected chi connectivity index (χ1v) is 8.05.